The summed E-state index contributed by atoms with van der Waals surface area (Å²) in [5, 5.41) is 12.8. The van der Waals surface area contributed by atoms with Gasteiger partial charge in [0.05, 0.1) is 15.9 Å². The van der Waals surface area contributed by atoms with Gasteiger partial charge in [-0.1, -0.05) is 140 Å². The van der Waals surface area contributed by atoms with Gasteiger partial charge in [0, 0.05) is 33.1 Å². The van der Waals surface area contributed by atoms with Gasteiger partial charge in [-0.25, -0.2) is 4.98 Å². The summed E-state index contributed by atoms with van der Waals surface area (Å²) < 4.78 is 7.97. The number of hydrogen-bond donors (Lipinski definition) is 0. The van der Waals surface area contributed by atoms with Gasteiger partial charge < -0.3 is 9.32 Å². The van der Waals surface area contributed by atoms with E-state index in [4.69, 9.17) is 9.40 Å². The highest BCUT2D eigenvalue weighted by molar-refractivity contribution is 7.21. The topological polar surface area (TPSA) is 29.3 Å². The average molecular weight is 745 g/mol. The van der Waals surface area contributed by atoms with Gasteiger partial charge in [0.15, 0.2) is 0 Å². The summed E-state index contributed by atoms with van der Waals surface area (Å²) in [6, 6.07) is 69.9. The Kier molecular flexibility index (Phi) is 7.10. The molecule has 0 unspecified atom stereocenters. The van der Waals surface area contributed by atoms with Crippen molar-refractivity contribution in [2.24, 2.45) is 0 Å². The smallest absolute Gasteiger partial charge is 0.143 e. The summed E-state index contributed by atoms with van der Waals surface area (Å²) in [5.41, 5.74) is 9.26. The molecule has 0 fully saturated rings. The number of aromatic nitrogens is 1. The molecule has 266 valence electrons. The zero-order valence-corrected chi connectivity index (χ0v) is 31.5. The standard InChI is InChI=1S/C53H32N2OS/c1-2-12-33(13-3-1)34-22-25-36(26-23-34)55(37-27-29-43-41-18-7-6-16-39(41)40-17-8-9-19-42(40)45(43)30-37)49-31-46-44-28-24-35-14-4-5-15-38(35)52(44)56-50(46)32-47(49)53-54-48-20-10-11-21-51(48)57-53/h1-32H. The summed E-state index contributed by atoms with van der Waals surface area (Å²) in [6.45, 7) is 0. The van der Waals surface area contributed by atoms with Gasteiger partial charge in [-0.2, -0.15) is 0 Å². The first-order chi connectivity index (χ1) is 28.2. The van der Waals surface area contributed by atoms with Crippen LogP contribution in [0, 0.1) is 0 Å². The molecule has 0 aliphatic heterocycles. The number of fused-ring (bicyclic) bond motifs is 12. The van der Waals surface area contributed by atoms with Crippen LogP contribution in [0.4, 0.5) is 17.1 Å². The summed E-state index contributed by atoms with van der Waals surface area (Å²) >= 11 is 1.72. The molecule has 0 saturated carbocycles. The predicted molar refractivity (Wildman–Crippen MR) is 242 cm³/mol. The van der Waals surface area contributed by atoms with Crippen LogP contribution in [0.25, 0.3) is 96.9 Å². The van der Waals surface area contributed by atoms with Crippen molar-refractivity contribution < 1.29 is 4.42 Å². The Morgan fingerprint density at radius 3 is 1.77 bits per heavy atom. The first-order valence-electron chi connectivity index (χ1n) is 19.3. The molecule has 57 heavy (non-hydrogen) atoms. The number of benzene rings is 10. The molecule has 0 spiro atoms. The number of anilines is 3. The fourth-order valence-corrected chi connectivity index (χ4v) is 9.77. The maximum Gasteiger partial charge on any atom is 0.143 e. The Morgan fingerprint density at radius 2 is 1.02 bits per heavy atom. The van der Waals surface area contributed by atoms with Crippen LogP contribution in [0.2, 0.25) is 0 Å². The van der Waals surface area contributed by atoms with Crippen LogP contribution in [0.1, 0.15) is 0 Å². The summed E-state index contributed by atoms with van der Waals surface area (Å²) in [6.07, 6.45) is 0. The number of furan rings is 1. The van der Waals surface area contributed by atoms with Crippen molar-refractivity contribution in [3.63, 3.8) is 0 Å². The van der Waals surface area contributed by atoms with Gasteiger partial charge in [-0.15, -0.1) is 11.3 Å². The lowest BCUT2D eigenvalue weighted by atomic mass is 9.94. The Labute approximate surface area is 332 Å². The number of para-hydroxylation sites is 1. The van der Waals surface area contributed by atoms with Crippen LogP contribution in [-0.2, 0) is 0 Å². The van der Waals surface area contributed by atoms with Crippen molar-refractivity contribution in [3.8, 4) is 21.7 Å². The molecule has 0 aliphatic carbocycles. The van der Waals surface area contributed by atoms with Gasteiger partial charge in [0.25, 0.3) is 0 Å². The Bertz CT molecular complexity index is 3460. The van der Waals surface area contributed by atoms with Crippen molar-refractivity contribution in [1.29, 1.82) is 0 Å². The van der Waals surface area contributed by atoms with E-state index in [2.05, 4.69) is 199 Å². The normalized spacial score (nSPS) is 11.9. The summed E-state index contributed by atoms with van der Waals surface area (Å²) in [4.78, 5) is 7.67. The summed E-state index contributed by atoms with van der Waals surface area (Å²) in [5.74, 6) is 0. The Balaban J connectivity index is 1.17. The van der Waals surface area contributed by atoms with E-state index in [1.54, 1.807) is 11.3 Å². The zero-order valence-electron chi connectivity index (χ0n) is 30.7. The molecule has 2 heterocycles. The number of hydrogen-bond acceptors (Lipinski definition) is 4. The van der Waals surface area contributed by atoms with Crippen LogP contribution >= 0.6 is 11.3 Å². The van der Waals surface area contributed by atoms with E-state index in [0.29, 0.717) is 0 Å². The van der Waals surface area contributed by atoms with Crippen LogP contribution in [0.15, 0.2) is 199 Å². The molecule has 0 saturated heterocycles. The fraction of sp³-hybridized carbons (Fsp3) is 0. The van der Waals surface area contributed by atoms with E-state index >= 15 is 0 Å². The minimum absolute atomic E-state index is 0.842. The van der Waals surface area contributed by atoms with Crippen molar-refractivity contribution in [2.45, 2.75) is 0 Å². The second-order valence-corrected chi connectivity index (χ2v) is 15.7. The van der Waals surface area contributed by atoms with Crippen LogP contribution in [0.3, 0.4) is 0 Å². The second kappa shape index (κ2) is 12.6. The maximum atomic E-state index is 6.82. The molecule has 12 rings (SSSR count). The zero-order chi connectivity index (χ0) is 37.5. The van der Waals surface area contributed by atoms with E-state index < -0.39 is 0 Å². The van der Waals surface area contributed by atoms with E-state index in [1.807, 2.05) is 0 Å². The molecule has 0 atom stereocenters. The molecule has 2 aromatic heterocycles. The Hall–Kier alpha value is -7.27. The van der Waals surface area contributed by atoms with E-state index in [1.165, 1.54) is 43.4 Å². The fourth-order valence-electron chi connectivity index (χ4n) is 8.78. The lowest BCUT2D eigenvalue weighted by Gasteiger charge is -2.28. The third-order valence-electron chi connectivity index (χ3n) is 11.5. The SMILES string of the molecule is c1ccc(-c2ccc(N(c3ccc4c5ccccc5c5ccccc5c4c3)c3cc4c(cc3-c3nc5ccccc5s3)oc3c5ccccc5ccc43)cc2)cc1. The largest absolute Gasteiger partial charge is 0.455 e. The van der Waals surface area contributed by atoms with E-state index in [-0.39, 0.29) is 0 Å². The maximum absolute atomic E-state index is 6.82. The average Bonchev–Trinajstić information content (AvgIpc) is 3.89. The van der Waals surface area contributed by atoms with Crippen LogP contribution in [-0.4, -0.2) is 4.98 Å². The number of rotatable bonds is 5. The van der Waals surface area contributed by atoms with E-state index in [9.17, 15) is 0 Å². The number of nitrogens with zero attached hydrogens (tertiary/aromatic N) is 2. The van der Waals surface area contributed by atoms with E-state index in [0.717, 1.165) is 70.6 Å². The minimum atomic E-state index is 0.842. The van der Waals surface area contributed by atoms with Gasteiger partial charge >= 0.3 is 0 Å². The summed E-state index contributed by atoms with van der Waals surface area (Å²) in [7, 11) is 0. The van der Waals surface area contributed by atoms with Crippen molar-refractivity contribution >= 4 is 104 Å². The molecule has 4 heteroatoms. The highest BCUT2D eigenvalue weighted by Gasteiger charge is 2.24. The molecule has 12 aromatic rings. The molecule has 0 amide bonds. The van der Waals surface area contributed by atoms with Gasteiger partial charge in [0.1, 0.15) is 16.2 Å². The molecule has 0 radical (unpaired) electrons. The lowest BCUT2D eigenvalue weighted by molar-refractivity contribution is 0.673. The van der Waals surface area contributed by atoms with Crippen LogP contribution < -0.4 is 4.90 Å². The molecule has 0 aliphatic rings. The third kappa shape index (κ3) is 5.08. The van der Waals surface area contributed by atoms with Crippen molar-refractivity contribution in [1.82, 2.24) is 4.98 Å². The van der Waals surface area contributed by atoms with Gasteiger partial charge in [0.2, 0.25) is 0 Å². The van der Waals surface area contributed by atoms with Crippen molar-refractivity contribution in [3.05, 3.63) is 194 Å². The second-order valence-electron chi connectivity index (χ2n) is 14.7. The highest BCUT2D eigenvalue weighted by Crippen LogP contribution is 2.48. The predicted octanol–water partition coefficient (Wildman–Crippen LogP) is 15.6. The molecule has 0 bridgehead atoms. The quantitative estimate of drug-likeness (QED) is 0.164. The Morgan fingerprint density at radius 1 is 0.421 bits per heavy atom. The lowest BCUT2D eigenvalue weighted by Crippen LogP contribution is -2.11. The third-order valence-corrected chi connectivity index (χ3v) is 12.5. The highest BCUT2D eigenvalue weighted by atomic mass is 32.1. The first-order valence-corrected chi connectivity index (χ1v) is 20.1. The molecular formula is C53H32N2OS. The van der Waals surface area contributed by atoms with Crippen LogP contribution in [0.5, 0.6) is 0 Å². The molecular weight excluding hydrogens is 713 g/mol. The van der Waals surface area contributed by atoms with Gasteiger partial charge in [-0.3, -0.25) is 0 Å². The molecule has 3 nitrogen and oxygen atoms in total. The number of thiazole rings is 1. The minimum Gasteiger partial charge on any atom is -0.455 e. The van der Waals surface area contributed by atoms with Gasteiger partial charge in [-0.05, 0) is 103 Å². The monoisotopic (exact) mass is 744 g/mol. The van der Waals surface area contributed by atoms with Crippen molar-refractivity contribution in [2.75, 3.05) is 4.90 Å². The molecule has 10 aromatic carbocycles. The molecule has 0 N–H and O–H groups in total. The first kappa shape index (κ1) is 32.0.